The summed E-state index contributed by atoms with van der Waals surface area (Å²) < 4.78 is 130. The fraction of sp³-hybridized carbons (Fsp3) is 0.441. The van der Waals surface area contributed by atoms with Crippen molar-refractivity contribution in [3.8, 4) is 70.0 Å². The summed E-state index contributed by atoms with van der Waals surface area (Å²) in [5.74, 6) is 4.59. The largest absolute Gasteiger partial charge is 0.573 e. The van der Waals surface area contributed by atoms with Crippen molar-refractivity contribution in [2.24, 2.45) is 0 Å². The number of rotatable bonds is 30. The van der Waals surface area contributed by atoms with Gasteiger partial charge in [-0.1, -0.05) is 61.0 Å². The Morgan fingerprint density at radius 1 is 0.358 bits per heavy atom. The van der Waals surface area contributed by atoms with Crippen LogP contribution in [0.1, 0.15) is 59.9 Å². The van der Waals surface area contributed by atoms with E-state index in [-0.39, 0.29) is 21.2 Å². The molecule has 10 aromatic rings. The molecule has 5 aromatic carbocycles. The lowest BCUT2D eigenvalue weighted by atomic mass is 9.99. The van der Waals surface area contributed by atoms with Crippen LogP contribution in [0.5, 0.6) is 57.5 Å². The highest BCUT2D eigenvalue weighted by molar-refractivity contribution is 7.12. The van der Waals surface area contributed by atoms with E-state index in [9.17, 15) is 120 Å². The fourth-order valence-corrected chi connectivity index (χ4v) is 19.0. The molecule has 20 N–H and O–H groups in total. The molecule has 0 amide bonds. The maximum Gasteiger partial charge on any atom is 0.573 e. The molecule has 16 rings (SSSR count). The van der Waals surface area contributed by atoms with Gasteiger partial charge in [-0.25, -0.2) is 4.39 Å². The average Bonchev–Trinajstić information content (AvgIpc) is 1.80. The van der Waals surface area contributed by atoms with Gasteiger partial charge < -0.3 is 173 Å². The van der Waals surface area contributed by atoms with Crippen molar-refractivity contribution in [1.29, 1.82) is 0 Å². The van der Waals surface area contributed by atoms with E-state index in [0.717, 1.165) is 58.8 Å². The molecule has 0 saturated carbocycles. The third kappa shape index (κ3) is 28.4. The van der Waals surface area contributed by atoms with Crippen LogP contribution in [0, 0.1) is 25.3 Å². The zero-order valence-corrected chi connectivity index (χ0v) is 77.1. The first-order chi connectivity index (χ1) is 65.7. The van der Waals surface area contributed by atoms with Gasteiger partial charge in [-0.05, 0) is 173 Å². The summed E-state index contributed by atoms with van der Waals surface area (Å²) in [5.41, 5.74) is 4.84. The van der Waals surface area contributed by atoms with Crippen molar-refractivity contribution in [3.05, 3.63) is 230 Å². The maximum absolute atomic E-state index is 13.0. The number of alkyl halides is 3. The van der Waals surface area contributed by atoms with Crippen LogP contribution in [0.4, 0.5) is 17.6 Å². The van der Waals surface area contributed by atoms with Crippen molar-refractivity contribution >= 4 is 56.7 Å². The van der Waals surface area contributed by atoms with Crippen molar-refractivity contribution in [2.75, 3.05) is 46.9 Å². The summed E-state index contributed by atoms with van der Waals surface area (Å²) in [6.07, 6.45) is -26.4. The van der Waals surface area contributed by atoms with Crippen molar-refractivity contribution < 1.29 is 194 Å². The zero-order chi connectivity index (χ0) is 98.5. The molecule has 0 spiro atoms. The van der Waals surface area contributed by atoms with Gasteiger partial charge >= 0.3 is 6.36 Å². The minimum absolute atomic E-state index is 0. The summed E-state index contributed by atoms with van der Waals surface area (Å²) in [5, 5.41) is 203. The van der Waals surface area contributed by atoms with Gasteiger partial charge in [0.1, 0.15) is 180 Å². The molecule has 35 nitrogen and oxygen atoms in total. The average molecular weight is 2020 g/mol. The highest BCUT2D eigenvalue weighted by Gasteiger charge is 2.50. The summed E-state index contributed by atoms with van der Waals surface area (Å²) in [7, 11) is 1.62. The van der Waals surface area contributed by atoms with Gasteiger partial charge in [-0.15, -0.1) is 69.9 Å². The van der Waals surface area contributed by atoms with Crippen molar-refractivity contribution in [3.63, 3.8) is 0 Å². The minimum atomic E-state index is -4.76. The number of fused-ring (bicyclic) bond motifs is 1. The van der Waals surface area contributed by atoms with Crippen LogP contribution >= 0.6 is 56.7 Å². The Morgan fingerprint density at radius 2 is 0.672 bits per heavy atom. The zero-order valence-electron chi connectivity index (χ0n) is 73.0. The Hall–Kier alpha value is -9.12. The number of terminal acetylenes is 1. The Labute approximate surface area is 804 Å². The molecule has 6 aliphatic heterocycles. The number of hydrogen-bond acceptors (Lipinski definition) is 40. The number of hydrogen-bond donors (Lipinski definition) is 20. The molecule has 25 unspecified atom stereocenters. The van der Waals surface area contributed by atoms with Gasteiger partial charge in [0.05, 0.1) is 54.8 Å². The summed E-state index contributed by atoms with van der Waals surface area (Å²) >= 11 is 7.34. The molecule has 5 saturated heterocycles. The number of halogens is 4. The quantitative estimate of drug-likeness (QED) is 0.0217. The normalized spacial score (nSPS) is 28.3. The smallest absolute Gasteiger partial charge is 0.497 e. The van der Waals surface area contributed by atoms with Gasteiger partial charge in [-0.2, -0.15) is 0 Å². The molecular weight excluding hydrogens is 1910 g/mol. The van der Waals surface area contributed by atoms with Crippen LogP contribution in [0.15, 0.2) is 167 Å². The standard InChI is InChI=1S/C20H22O7S.C19H24O7S.C18H19F3O7S.C18H21FO6S.C18H20O8S.2H2/c1-2-25-13-6-3-12(4-7-13)5-8-16-14(9-10-28-16)26-20-19(24)18(23)17(22)15(11-21)27-20;1-10-7-13(15(27-10)8-11-3-5-12(24-2)6-4-11)25-19-18(23)17(22)16(21)14(9-20)26-19;19-18(20,21)28-10-3-1-9(2-4-10)7-13-11(5-6-29-13)26-17-16(25)15(24)14(23)12(8-22)27-17;19-11-4-1-10(2-5-11)3-6-14-12(7-8-26-14)24-18-17(23)16(22)15(21)13(9-20)25-18;19-7-13-15(20)16(21)17(22)18(26-13)25-11-3-4-27-14(11)6-9-1-2-10-12(5-9)24-8-23-10;;/h1,3-4,6-7,9-10,15,17-24H,5,8,11H2;3-7,14,16-23H,8-9H2,1-2H3;1-6,12,14-17,22-25H,7-8H2;1-2,4-5,7-8,13,15-18,20-23H,3,6,9H2;1-5,13,15-22H,6-8H2;2*1H. The number of aryl methyl sites for hydroxylation is 5. The Kier molecular flexibility index (Phi) is 39.2. The van der Waals surface area contributed by atoms with Gasteiger partial charge in [0.15, 0.2) is 11.5 Å². The second-order valence-electron chi connectivity index (χ2n) is 31.8. The number of benzene rings is 5. The molecular formula is C93H110F4O35S5. The van der Waals surface area contributed by atoms with E-state index >= 15 is 0 Å². The number of ether oxygens (including phenoxy) is 15. The van der Waals surface area contributed by atoms with Crippen LogP contribution in [-0.4, -0.2) is 309 Å². The van der Waals surface area contributed by atoms with Gasteiger partial charge in [0.2, 0.25) is 38.2 Å². The lowest BCUT2D eigenvalue weighted by Gasteiger charge is -2.39. The van der Waals surface area contributed by atoms with E-state index in [2.05, 4.69) is 10.8 Å². The van der Waals surface area contributed by atoms with Crippen LogP contribution in [0.3, 0.4) is 0 Å². The molecule has 6 aliphatic rings. The first-order valence-electron chi connectivity index (χ1n) is 42.7. The molecule has 750 valence electrons. The molecule has 44 heteroatoms. The van der Waals surface area contributed by atoms with E-state index in [0.29, 0.717) is 95.0 Å². The summed E-state index contributed by atoms with van der Waals surface area (Å²) in [6, 6.07) is 41.2. The minimum Gasteiger partial charge on any atom is -0.497 e. The predicted molar refractivity (Wildman–Crippen MR) is 487 cm³/mol. The van der Waals surface area contributed by atoms with E-state index in [1.807, 2.05) is 83.7 Å². The molecule has 0 bridgehead atoms. The molecule has 0 aliphatic carbocycles. The van der Waals surface area contributed by atoms with E-state index in [1.54, 1.807) is 72.4 Å². The van der Waals surface area contributed by atoms with Crippen molar-refractivity contribution in [1.82, 2.24) is 0 Å². The third-order valence-corrected chi connectivity index (χ3v) is 27.1. The Balaban J connectivity index is 0.000000178. The second-order valence-corrected chi connectivity index (χ2v) is 37.1. The maximum atomic E-state index is 13.0. The van der Waals surface area contributed by atoms with Crippen LogP contribution in [0.2, 0.25) is 0 Å². The number of methoxy groups -OCH3 is 1. The SMILES string of the molecule is C#COc1ccc(CCc2sccc2OC2OC(CO)C(O)C(O)C2O)cc1.COc1ccc(Cc2sc(C)cc2OC2OC(CO)C(O)C(O)C2O)cc1.OCC1OC(Oc2ccsc2CCc2ccc(F)cc2)C(O)C(O)C1O.OCC1OC(Oc2ccsc2Cc2ccc(OC(F)(F)F)cc2)C(O)C(O)C1O.OCC1OC(Oc2ccsc2Cc2ccc3c(c2)OCO3)C(O)C(O)C1O.[HH].[HH]. The number of thiophene rings is 5. The molecule has 25 atom stereocenters. The molecule has 5 fully saturated rings. The Bertz CT molecular complexity index is 5360. The van der Waals surface area contributed by atoms with Crippen LogP contribution in [-0.2, 0) is 68.6 Å². The molecule has 11 heterocycles. The third-order valence-electron chi connectivity index (χ3n) is 22.3. The van der Waals surface area contributed by atoms with Gasteiger partial charge in [0.25, 0.3) is 0 Å². The molecule has 5 aromatic heterocycles. The van der Waals surface area contributed by atoms with E-state index in [4.69, 9.17) is 72.7 Å². The lowest BCUT2D eigenvalue weighted by Crippen LogP contribution is -2.60. The first kappa shape index (κ1) is 107. The predicted octanol–water partition coefficient (Wildman–Crippen LogP) is 4.52. The first-order valence-corrected chi connectivity index (χ1v) is 47.1. The monoisotopic (exact) mass is 2020 g/mol. The van der Waals surface area contributed by atoms with Crippen LogP contribution < -0.4 is 47.4 Å². The topological polar surface area (TPSA) is 543 Å². The highest BCUT2D eigenvalue weighted by atomic mass is 32.1. The number of aliphatic hydroxyl groups excluding tert-OH is 20. The second kappa shape index (κ2) is 50.3. The van der Waals surface area contributed by atoms with Crippen LogP contribution in [0.25, 0.3) is 0 Å². The lowest BCUT2D eigenvalue weighted by molar-refractivity contribution is -0.277. The Morgan fingerprint density at radius 3 is 1.04 bits per heavy atom. The van der Waals surface area contributed by atoms with Crippen molar-refractivity contribution in [2.45, 2.75) is 212 Å². The van der Waals surface area contributed by atoms with E-state index < -0.39 is 193 Å². The summed E-state index contributed by atoms with van der Waals surface area (Å²) in [6.45, 7) is -0.420. The fourth-order valence-electron chi connectivity index (χ4n) is 14.7. The van der Waals surface area contributed by atoms with Gasteiger partial charge in [0, 0.05) is 36.7 Å². The van der Waals surface area contributed by atoms with Gasteiger partial charge in [-0.3, -0.25) is 0 Å². The summed E-state index contributed by atoms with van der Waals surface area (Å²) in [4.78, 5) is 5.41. The molecule has 0 radical (unpaired) electrons. The highest BCUT2D eigenvalue weighted by Crippen LogP contribution is 2.41. The van der Waals surface area contributed by atoms with E-state index in [1.165, 1.54) is 81.7 Å². The number of aliphatic hydroxyl groups is 20. The molecule has 137 heavy (non-hydrogen) atoms.